The molecule has 1 unspecified atom stereocenters. The minimum atomic E-state index is -1.66. The van der Waals surface area contributed by atoms with Gasteiger partial charge in [0.1, 0.15) is 36.6 Å². The maximum atomic E-state index is 13.1. The lowest BCUT2D eigenvalue weighted by Gasteiger charge is -2.40. The van der Waals surface area contributed by atoms with Gasteiger partial charge in [-0.1, -0.05) is 226 Å². The fraction of sp³-hybridized carbons (Fsp3) is 0.980. The van der Waals surface area contributed by atoms with E-state index in [0.29, 0.717) is 19.3 Å². The zero-order valence-electron chi connectivity index (χ0n) is 38.7. The smallest absolute Gasteiger partial charge is 0.249 e. The number of aliphatic hydroxyl groups is 7. The molecular formula is C49H97NO10. The molecule has 11 nitrogen and oxygen atoms in total. The molecule has 0 saturated carbocycles. The molecule has 1 saturated heterocycles. The summed E-state index contributed by atoms with van der Waals surface area (Å²) in [6.45, 7) is 3.46. The van der Waals surface area contributed by atoms with Gasteiger partial charge >= 0.3 is 0 Å². The quantitative estimate of drug-likeness (QED) is 0.0275. The van der Waals surface area contributed by atoms with E-state index in [9.17, 15) is 40.5 Å². The monoisotopic (exact) mass is 860 g/mol. The van der Waals surface area contributed by atoms with Gasteiger partial charge < -0.3 is 50.5 Å². The number of hydrogen-bond donors (Lipinski definition) is 8. The number of carbonyl (C=O) groups excluding carboxylic acids is 1. The highest BCUT2D eigenvalue weighted by molar-refractivity contribution is 5.80. The Morgan fingerprint density at radius 2 is 0.867 bits per heavy atom. The summed E-state index contributed by atoms with van der Waals surface area (Å²) in [5.74, 6) is -0.692. The first kappa shape index (κ1) is 57.1. The Bertz CT molecular complexity index is 944. The van der Waals surface area contributed by atoms with E-state index in [1.807, 2.05) is 0 Å². The average Bonchev–Trinajstić information content (AvgIpc) is 3.25. The topological polar surface area (TPSA) is 189 Å². The highest BCUT2D eigenvalue weighted by atomic mass is 16.7. The summed E-state index contributed by atoms with van der Waals surface area (Å²) in [6.07, 6.45) is 30.0. The fourth-order valence-corrected chi connectivity index (χ4v) is 8.44. The van der Waals surface area contributed by atoms with E-state index >= 15 is 0 Å². The Kier molecular flexibility index (Phi) is 37.8. The Balaban J connectivity index is 2.36. The largest absolute Gasteiger partial charge is 0.394 e. The van der Waals surface area contributed by atoms with Crippen LogP contribution in [-0.4, -0.2) is 110 Å². The minimum absolute atomic E-state index is 0.267. The summed E-state index contributed by atoms with van der Waals surface area (Å²) in [5, 5.41) is 75.8. The van der Waals surface area contributed by atoms with Crippen LogP contribution in [0, 0.1) is 0 Å². The summed E-state index contributed by atoms with van der Waals surface area (Å²) in [6, 6.07) is -1.16. The van der Waals surface area contributed by atoms with Crippen LogP contribution in [0.15, 0.2) is 0 Å². The molecule has 1 amide bonds. The molecule has 9 atom stereocenters. The van der Waals surface area contributed by atoms with E-state index < -0.39 is 74.2 Å². The molecule has 358 valence electrons. The van der Waals surface area contributed by atoms with Gasteiger partial charge in [0.25, 0.3) is 0 Å². The summed E-state index contributed by atoms with van der Waals surface area (Å²) >= 11 is 0. The third kappa shape index (κ3) is 28.7. The molecule has 1 heterocycles. The van der Waals surface area contributed by atoms with Gasteiger partial charge in [-0.05, 0) is 12.8 Å². The third-order valence-corrected chi connectivity index (χ3v) is 12.7. The lowest BCUT2D eigenvalue weighted by molar-refractivity contribution is -0.303. The zero-order chi connectivity index (χ0) is 44.1. The summed E-state index contributed by atoms with van der Waals surface area (Å²) in [7, 11) is 0. The Labute approximate surface area is 367 Å². The molecule has 1 fully saturated rings. The van der Waals surface area contributed by atoms with Crippen LogP contribution in [0.3, 0.4) is 0 Å². The number of rotatable bonds is 43. The highest BCUT2D eigenvalue weighted by Gasteiger charge is 2.44. The molecule has 11 heteroatoms. The van der Waals surface area contributed by atoms with Crippen LogP contribution >= 0.6 is 0 Å². The molecular weight excluding hydrogens is 763 g/mol. The number of ether oxygens (including phenoxy) is 2. The van der Waals surface area contributed by atoms with Crippen LogP contribution in [0.2, 0.25) is 0 Å². The van der Waals surface area contributed by atoms with Crippen molar-refractivity contribution in [2.45, 2.75) is 294 Å². The van der Waals surface area contributed by atoms with Gasteiger partial charge in [0.05, 0.1) is 25.4 Å². The third-order valence-electron chi connectivity index (χ3n) is 12.7. The Hall–Kier alpha value is -0.890. The average molecular weight is 860 g/mol. The van der Waals surface area contributed by atoms with Gasteiger partial charge in [-0.2, -0.15) is 0 Å². The van der Waals surface area contributed by atoms with Gasteiger partial charge in [0.2, 0.25) is 5.91 Å². The first-order chi connectivity index (χ1) is 29.2. The van der Waals surface area contributed by atoms with Gasteiger partial charge in [0, 0.05) is 0 Å². The number of aliphatic hydroxyl groups excluding tert-OH is 7. The minimum Gasteiger partial charge on any atom is -0.394 e. The van der Waals surface area contributed by atoms with E-state index in [4.69, 9.17) is 9.47 Å². The molecule has 0 aromatic rings. The lowest BCUT2D eigenvalue weighted by Crippen LogP contribution is -2.60. The van der Waals surface area contributed by atoms with Crippen LogP contribution in [0.4, 0.5) is 0 Å². The first-order valence-electron chi connectivity index (χ1n) is 25.4. The lowest BCUT2D eigenvalue weighted by atomic mass is 9.98. The number of unbranched alkanes of at least 4 members (excludes halogenated alkanes) is 31. The molecule has 0 aromatic carbocycles. The van der Waals surface area contributed by atoms with Crippen molar-refractivity contribution in [1.82, 2.24) is 5.32 Å². The molecule has 0 radical (unpaired) electrons. The van der Waals surface area contributed by atoms with Crippen molar-refractivity contribution in [2.24, 2.45) is 0 Å². The first-order valence-corrected chi connectivity index (χ1v) is 25.4. The van der Waals surface area contributed by atoms with Crippen LogP contribution in [0.25, 0.3) is 0 Å². The van der Waals surface area contributed by atoms with Crippen LogP contribution in [-0.2, 0) is 14.3 Å². The standard InChI is InChI=1S/C49H97NO10/c1-3-5-7-9-11-13-15-17-18-19-20-21-22-23-25-27-29-31-33-35-37-42(53)48(58)50-40(39-59-49-47(57)46(56)45(55)43(38-51)60-49)44(54)41(52)36-34-32-30-28-26-24-16-14-12-10-8-6-4-2/h40-47,49,51-57H,3-39H2,1-2H3,(H,50,58)/t40-,41-,42?,43-,44+,45-,46+,47-,49+/m1/s1. The zero-order valence-corrected chi connectivity index (χ0v) is 38.7. The van der Waals surface area contributed by atoms with Crippen LogP contribution in [0.5, 0.6) is 0 Å². The predicted octanol–water partition coefficient (Wildman–Crippen LogP) is 9.06. The molecule has 8 N–H and O–H groups in total. The predicted molar refractivity (Wildman–Crippen MR) is 243 cm³/mol. The molecule has 0 aliphatic carbocycles. The van der Waals surface area contributed by atoms with Crippen molar-refractivity contribution in [2.75, 3.05) is 13.2 Å². The summed E-state index contributed by atoms with van der Waals surface area (Å²) in [4.78, 5) is 13.1. The van der Waals surface area contributed by atoms with E-state index in [-0.39, 0.29) is 6.42 Å². The number of hydrogen-bond acceptors (Lipinski definition) is 10. The Morgan fingerprint density at radius 3 is 1.23 bits per heavy atom. The van der Waals surface area contributed by atoms with Gasteiger partial charge in [-0.3, -0.25) is 4.79 Å². The van der Waals surface area contributed by atoms with Crippen molar-refractivity contribution in [3.8, 4) is 0 Å². The van der Waals surface area contributed by atoms with E-state index in [1.165, 1.54) is 161 Å². The molecule has 1 aliphatic rings. The summed E-state index contributed by atoms with van der Waals surface area (Å²) in [5.41, 5.74) is 0. The number of amides is 1. The van der Waals surface area contributed by atoms with Crippen molar-refractivity contribution in [3.63, 3.8) is 0 Å². The van der Waals surface area contributed by atoms with Crippen molar-refractivity contribution >= 4 is 5.91 Å². The molecule has 1 aliphatic heterocycles. The van der Waals surface area contributed by atoms with Crippen LogP contribution < -0.4 is 5.32 Å². The SMILES string of the molecule is CCCCCCCCCCCCCCCCCCCCCCC(O)C(=O)N[C@H](CO[C@H]1O[C@H](CO)[C@@H](O)[C@H](O)[C@H]1O)[C@H](O)[C@H](O)CCCCCCCCCCCCCCC. The number of carbonyl (C=O) groups is 1. The van der Waals surface area contributed by atoms with Gasteiger partial charge in [-0.25, -0.2) is 0 Å². The molecule has 0 spiro atoms. The van der Waals surface area contributed by atoms with Crippen molar-refractivity contribution in [1.29, 1.82) is 0 Å². The molecule has 60 heavy (non-hydrogen) atoms. The van der Waals surface area contributed by atoms with E-state index in [1.54, 1.807) is 0 Å². The van der Waals surface area contributed by atoms with Crippen molar-refractivity contribution < 1.29 is 50.0 Å². The second-order valence-corrected chi connectivity index (χ2v) is 18.3. The Morgan fingerprint density at radius 1 is 0.517 bits per heavy atom. The van der Waals surface area contributed by atoms with Gasteiger partial charge in [0.15, 0.2) is 6.29 Å². The second kappa shape index (κ2) is 39.7. The van der Waals surface area contributed by atoms with Crippen LogP contribution in [0.1, 0.15) is 239 Å². The van der Waals surface area contributed by atoms with E-state index in [2.05, 4.69) is 19.2 Å². The van der Waals surface area contributed by atoms with E-state index in [0.717, 1.165) is 38.5 Å². The van der Waals surface area contributed by atoms with Crippen molar-refractivity contribution in [3.05, 3.63) is 0 Å². The second-order valence-electron chi connectivity index (χ2n) is 18.3. The van der Waals surface area contributed by atoms with Gasteiger partial charge in [-0.15, -0.1) is 0 Å². The fourth-order valence-electron chi connectivity index (χ4n) is 8.44. The molecule has 0 aromatic heterocycles. The highest BCUT2D eigenvalue weighted by Crippen LogP contribution is 2.23. The molecule has 1 rings (SSSR count). The maximum absolute atomic E-state index is 13.1. The molecule has 0 bridgehead atoms. The number of nitrogens with one attached hydrogen (secondary N) is 1. The maximum Gasteiger partial charge on any atom is 0.249 e. The summed E-state index contributed by atoms with van der Waals surface area (Å²) < 4.78 is 11.1. The normalized spacial score (nSPS) is 21.5.